The summed E-state index contributed by atoms with van der Waals surface area (Å²) in [5, 5.41) is 2.70. The van der Waals surface area contributed by atoms with E-state index in [0.717, 1.165) is 16.0 Å². The molecule has 7 heteroatoms. The third-order valence-electron chi connectivity index (χ3n) is 4.48. The first kappa shape index (κ1) is 19.3. The smallest absolute Gasteiger partial charge is 0.326 e. The number of anilines is 1. The maximum absolute atomic E-state index is 12.3. The quantitative estimate of drug-likeness (QED) is 0.635. The van der Waals surface area contributed by atoms with Crippen molar-refractivity contribution in [3.05, 3.63) is 64.7 Å². The molecule has 0 saturated carbocycles. The number of esters is 1. The highest BCUT2D eigenvalue weighted by Crippen LogP contribution is 2.22. The molecule has 1 unspecified atom stereocenters. The molecule has 1 N–H and O–H groups in total. The van der Waals surface area contributed by atoms with E-state index in [1.807, 2.05) is 26.0 Å². The van der Waals surface area contributed by atoms with Gasteiger partial charge < -0.3 is 10.1 Å². The number of amides is 3. The fraction of sp³-hybridized carbons (Fsp3) is 0.238. The van der Waals surface area contributed by atoms with E-state index in [-0.39, 0.29) is 11.1 Å². The summed E-state index contributed by atoms with van der Waals surface area (Å²) < 4.78 is 5.11. The molecule has 0 radical (unpaired) electrons. The Balaban J connectivity index is 1.59. The molecule has 0 bridgehead atoms. The standard InChI is InChI=1S/C21H20N2O5/c1-12-8-9-17(13(2)10-12)22-19(25)14(3)28-18(24)11-23-20(26)15-6-4-5-7-16(15)21(23)27/h4-10,14H,11H2,1-3H3,(H,22,25). The molecule has 1 aliphatic heterocycles. The molecule has 3 rings (SSSR count). The van der Waals surface area contributed by atoms with Gasteiger partial charge in [-0.15, -0.1) is 0 Å². The van der Waals surface area contributed by atoms with Crippen LogP contribution in [0.3, 0.4) is 0 Å². The van der Waals surface area contributed by atoms with Crippen LogP contribution in [0.25, 0.3) is 0 Å². The minimum absolute atomic E-state index is 0.251. The molecule has 0 fully saturated rings. The van der Waals surface area contributed by atoms with Gasteiger partial charge in [-0.25, -0.2) is 0 Å². The second-order valence-electron chi connectivity index (χ2n) is 6.68. The molecule has 0 aliphatic carbocycles. The van der Waals surface area contributed by atoms with Gasteiger partial charge >= 0.3 is 5.97 Å². The lowest BCUT2D eigenvalue weighted by molar-refractivity contribution is -0.153. The largest absolute Gasteiger partial charge is 0.451 e. The van der Waals surface area contributed by atoms with Crippen molar-refractivity contribution >= 4 is 29.4 Å². The van der Waals surface area contributed by atoms with E-state index < -0.39 is 36.3 Å². The van der Waals surface area contributed by atoms with Gasteiger partial charge in [-0.3, -0.25) is 24.1 Å². The van der Waals surface area contributed by atoms with Crippen molar-refractivity contribution in [3.63, 3.8) is 0 Å². The topological polar surface area (TPSA) is 92.8 Å². The Bertz CT molecular complexity index is 948. The highest BCUT2D eigenvalue weighted by molar-refractivity contribution is 6.22. The highest BCUT2D eigenvalue weighted by Gasteiger charge is 2.37. The average molecular weight is 380 g/mol. The molecular formula is C21H20N2O5. The van der Waals surface area contributed by atoms with Gasteiger partial charge in [0.25, 0.3) is 17.7 Å². The third kappa shape index (κ3) is 3.78. The molecule has 1 atom stereocenters. The van der Waals surface area contributed by atoms with Crippen molar-refractivity contribution in [2.24, 2.45) is 0 Å². The van der Waals surface area contributed by atoms with Crippen molar-refractivity contribution in [3.8, 4) is 0 Å². The summed E-state index contributed by atoms with van der Waals surface area (Å²) in [6.45, 7) is 4.69. The summed E-state index contributed by atoms with van der Waals surface area (Å²) in [4.78, 5) is 49.9. The summed E-state index contributed by atoms with van der Waals surface area (Å²) in [7, 11) is 0. The molecule has 144 valence electrons. The highest BCUT2D eigenvalue weighted by atomic mass is 16.5. The SMILES string of the molecule is Cc1ccc(NC(=O)C(C)OC(=O)CN2C(=O)c3ccccc3C2=O)c(C)c1. The number of fused-ring (bicyclic) bond motifs is 1. The fourth-order valence-electron chi connectivity index (χ4n) is 2.99. The number of nitrogens with zero attached hydrogens (tertiary/aromatic N) is 1. The van der Waals surface area contributed by atoms with Crippen LogP contribution in [0, 0.1) is 13.8 Å². The lowest BCUT2D eigenvalue weighted by Crippen LogP contribution is -2.38. The van der Waals surface area contributed by atoms with Gasteiger partial charge in [-0.2, -0.15) is 0 Å². The van der Waals surface area contributed by atoms with Crippen LogP contribution < -0.4 is 5.32 Å². The van der Waals surface area contributed by atoms with E-state index in [2.05, 4.69) is 5.32 Å². The Morgan fingerprint density at radius 2 is 1.64 bits per heavy atom. The van der Waals surface area contributed by atoms with Crippen molar-refractivity contribution in [2.45, 2.75) is 26.9 Å². The number of aryl methyl sites for hydroxylation is 2. The van der Waals surface area contributed by atoms with Crippen molar-refractivity contribution in [1.82, 2.24) is 4.90 Å². The lowest BCUT2D eigenvalue weighted by Gasteiger charge is -2.17. The van der Waals surface area contributed by atoms with Crippen LogP contribution >= 0.6 is 0 Å². The predicted octanol–water partition coefficient (Wildman–Crippen LogP) is 2.47. The summed E-state index contributed by atoms with van der Waals surface area (Å²) >= 11 is 0. The van der Waals surface area contributed by atoms with Crippen LogP contribution in [-0.4, -0.2) is 41.2 Å². The molecule has 0 spiro atoms. The lowest BCUT2D eigenvalue weighted by atomic mass is 10.1. The number of carbonyl (C=O) groups is 4. The number of hydrogen-bond acceptors (Lipinski definition) is 5. The Labute approximate surface area is 162 Å². The van der Waals surface area contributed by atoms with E-state index in [4.69, 9.17) is 4.74 Å². The number of hydrogen-bond donors (Lipinski definition) is 1. The van der Waals surface area contributed by atoms with Crippen molar-refractivity contribution < 1.29 is 23.9 Å². The average Bonchev–Trinajstić information content (AvgIpc) is 2.89. The van der Waals surface area contributed by atoms with Gasteiger partial charge in [-0.05, 0) is 44.5 Å². The molecule has 0 aromatic heterocycles. The van der Waals surface area contributed by atoms with E-state index in [0.29, 0.717) is 5.69 Å². The normalized spacial score (nSPS) is 13.9. The van der Waals surface area contributed by atoms with Gasteiger partial charge in [0.2, 0.25) is 0 Å². The number of benzene rings is 2. The summed E-state index contributed by atoms with van der Waals surface area (Å²) in [5.74, 6) is -2.43. The van der Waals surface area contributed by atoms with Gasteiger partial charge in [-0.1, -0.05) is 29.8 Å². The van der Waals surface area contributed by atoms with E-state index in [9.17, 15) is 19.2 Å². The minimum atomic E-state index is -1.08. The third-order valence-corrected chi connectivity index (χ3v) is 4.48. The van der Waals surface area contributed by atoms with Crippen LogP contribution in [-0.2, 0) is 14.3 Å². The van der Waals surface area contributed by atoms with Crippen LogP contribution in [0.1, 0.15) is 38.8 Å². The second kappa shape index (κ2) is 7.64. The second-order valence-corrected chi connectivity index (χ2v) is 6.68. The van der Waals surface area contributed by atoms with Crippen LogP contribution in [0.15, 0.2) is 42.5 Å². The maximum Gasteiger partial charge on any atom is 0.326 e. The predicted molar refractivity (Wildman–Crippen MR) is 102 cm³/mol. The number of nitrogens with one attached hydrogen (secondary N) is 1. The molecule has 2 aromatic carbocycles. The Morgan fingerprint density at radius 1 is 1.04 bits per heavy atom. The minimum Gasteiger partial charge on any atom is -0.451 e. The first-order chi connectivity index (χ1) is 13.3. The number of carbonyl (C=O) groups excluding carboxylic acids is 4. The molecule has 1 heterocycles. The zero-order valence-corrected chi connectivity index (χ0v) is 15.8. The van der Waals surface area contributed by atoms with Crippen LogP contribution in [0.5, 0.6) is 0 Å². The molecule has 0 saturated heterocycles. The maximum atomic E-state index is 12.3. The zero-order valence-electron chi connectivity index (χ0n) is 15.8. The Morgan fingerprint density at radius 3 is 2.21 bits per heavy atom. The number of rotatable bonds is 5. The monoisotopic (exact) mass is 380 g/mol. The summed E-state index contributed by atoms with van der Waals surface area (Å²) in [6, 6.07) is 11.9. The molecule has 7 nitrogen and oxygen atoms in total. The molecule has 3 amide bonds. The van der Waals surface area contributed by atoms with Crippen molar-refractivity contribution in [2.75, 3.05) is 11.9 Å². The Kier molecular flexibility index (Phi) is 5.26. The van der Waals surface area contributed by atoms with Crippen molar-refractivity contribution in [1.29, 1.82) is 0 Å². The molecule has 2 aromatic rings. The van der Waals surface area contributed by atoms with Crippen LogP contribution in [0.2, 0.25) is 0 Å². The van der Waals surface area contributed by atoms with E-state index in [1.54, 1.807) is 18.2 Å². The zero-order chi connectivity index (χ0) is 20.4. The first-order valence-corrected chi connectivity index (χ1v) is 8.80. The molecular weight excluding hydrogens is 360 g/mol. The molecule has 1 aliphatic rings. The first-order valence-electron chi connectivity index (χ1n) is 8.80. The van der Waals surface area contributed by atoms with Crippen LogP contribution in [0.4, 0.5) is 5.69 Å². The van der Waals surface area contributed by atoms with E-state index >= 15 is 0 Å². The van der Waals surface area contributed by atoms with Gasteiger partial charge in [0, 0.05) is 5.69 Å². The number of ether oxygens (including phenoxy) is 1. The fourth-order valence-corrected chi connectivity index (χ4v) is 2.99. The van der Waals surface area contributed by atoms with E-state index in [1.165, 1.54) is 19.1 Å². The van der Waals surface area contributed by atoms with Gasteiger partial charge in [0.1, 0.15) is 6.54 Å². The van der Waals surface area contributed by atoms with Gasteiger partial charge in [0.15, 0.2) is 6.10 Å². The Hall–Kier alpha value is -3.48. The molecule has 28 heavy (non-hydrogen) atoms. The number of imide groups is 1. The summed E-state index contributed by atoms with van der Waals surface area (Å²) in [5.41, 5.74) is 3.08. The summed E-state index contributed by atoms with van der Waals surface area (Å²) in [6.07, 6.45) is -1.08. The van der Waals surface area contributed by atoms with Gasteiger partial charge in [0.05, 0.1) is 11.1 Å².